The van der Waals surface area contributed by atoms with Gasteiger partial charge in [-0.1, -0.05) is 50.1 Å². The molecule has 1 aromatic carbocycles. The second-order valence-corrected chi connectivity index (χ2v) is 5.92. The lowest BCUT2D eigenvalue weighted by atomic mass is 9.74. The first-order valence-electron chi connectivity index (χ1n) is 7.59. The number of aryl methyl sites for hydroxylation is 1. The van der Waals surface area contributed by atoms with Crippen molar-refractivity contribution in [1.29, 1.82) is 0 Å². The van der Waals surface area contributed by atoms with Gasteiger partial charge in [-0.15, -0.1) is 0 Å². The molecule has 0 aliphatic heterocycles. The van der Waals surface area contributed by atoms with Gasteiger partial charge >= 0.3 is 0 Å². The quantitative estimate of drug-likeness (QED) is 0.828. The predicted molar refractivity (Wildman–Crippen MR) is 78.5 cm³/mol. The summed E-state index contributed by atoms with van der Waals surface area (Å²) in [6.07, 6.45) is 9.14. The molecule has 100 valence electrons. The van der Waals surface area contributed by atoms with Crippen LogP contribution in [0.3, 0.4) is 0 Å². The normalized spacial score (nSPS) is 28.2. The van der Waals surface area contributed by atoms with Gasteiger partial charge in [0.1, 0.15) is 0 Å². The highest BCUT2D eigenvalue weighted by atomic mass is 14.7. The van der Waals surface area contributed by atoms with E-state index in [1.54, 1.807) is 0 Å². The van der Waals surface area contributed by atoms with Gasteiger partial charge in [0.2, 0.25) is 0 Å². The largest absolute Gasteiger partial charge is 0.327 e. The average molecular weight is 245 g/mol. The smallest absolute Gasteiger partial charge is 0.00674 e. The van der Waals surface area contributed by atoms with E-state index in [-0.39, 0.29) is 0 Å². The molecule has 0 spiro atoms. The van der Waals surface area contributed by atoms with Crippen LogP contribution >= 0.6 is 0 Å². The summed E-state index contributed by atoms with van der Waals surface area (Å²) >= 11 is 0. The molecule has 1 aliphatic rings. The summed E-state index contributed by atoms with van der Waals surface area (Å²) in [7, 11) is 0. The zero-order chi connectivity index (χ0) is 12.8. The number of hydrogen-bond acceptors (Lipinski definition) is 1. The molecule has 2 N–H and O–H groups in total. The molecule has 0 heterocycles. The molecule has 3 atom stereocenters. The van der Waals surface area contributed by atoms with Crippen LogP contribution in [0, 0.1) is 11.8 Å². The molecular formula is C17H27N. The standard InChI is InChI=1S/C17H27N/c1-2-6-15-10-12-17(18)16(13-15)11-9-14-7-4-3-5-8-14/h3-5,7-8,15-17H,2,6,9-13,18H2,1H3. The minimum absolute atomic E-state index is 0.446. The molecule has 1 fully saturated rings. The molecule has 0 amide bonds. The van der Waals surface area contributed by atoms with E-state index in [1.165, 1.54) is 50.5 Å². The van der Waals surface area contributed by atoms with Gasteiger partial charge < -0.3 is 5.73 Å². The minimum Gasteiger partial charge on any atom is -0.327 e. The van der Waals surface area contributed by atoms with Gasteiger partial charge in [-0.3, -0.25) is 0 Å². The van der Waals surface area contributed by atoms with E-state index in [0.717, 1.165) is 11.8 Å². The topological polar surface area (TPSA) is 26.0 Å². The van der Waals surface area contributed by atoms with E-state index in [4.69, 9.17) is 5.73 Å². The zero-order valence-electron chi connectivity index (χ0n) is 11.6. The second kappa shape index (κ2) is 6.94. The van der Waals surface area contributed by atoms with Gasteiger partial charge in [-0.2, -0.15) is 0 Å². The molecule has 0 aromatic heterocycles. The van der Waals surface area contributed by atoms with Crippen LogP contribution in [0.4, 0.5) is 0 Å². The first kappa shape index (κ1) is 13.6. The average Bonchev–Trinajstić information content (AvgIpc) is 2.41. The number of rotatable bonds is 5. The Balaban J connectivity index is 1.83. The third-order valence-electron chi connectivity index (χ3n) is 4.49. The number of hydrogen-bond donors (Lipinski definition) is 1. The molecule has 0 radical (unpaired) electrons. The molecule has 1 heteroatoms. The summed E-state index contributed by atoms with van der Waals surface area (Å²) in [6.45, 7) is 2.30. The van der Waals surface area contributed by atoms with Gasteiger partial charge in [-0.05, 0) is 49.5 Å². The van der Waals surface area contributed by atoms with E-state index in [2.05, 4.69) is 37.3 Å². The van der Waals surface area contributed by atoms with Gasteiger partial charge in [0.25, 0.3) is 0 Å². The van der Waals surface area contributed by atoms with Crippen molar-refractivity contribution in [2.75, 3.05) is 0 Å². The van der Waals surface area contributed by atoms with Crippen LogP contribution in [-0.2, 0) is 6.42 Å². The maximum atomic E-state index is 6.30. The molecule has 3 unspecified atom stereocenters. The van der Waals surface area contributed by atoms with E-state index < -0.39 is 0 Å². The zero-order valence-corrected chi connectivity index (χ0v) is 11.6. The first-order chi connectivity index (χ1) is 8.79. The summed E-state index contributed by atoms with van der Waals surface area (Å²) in [6, 6.07) is 11.3. The van der Waals surface area contributed by atoms with Crippen molar-refractivity contribution in [3.05, 3.63) is 35.9 Å². The van der Waals surface area contributed by atoms with E-state index in [1.807, 2.05) is 0 Å². The van der Waals surface area contributed by atoms with E-state index in [0.29, 0.717) is 6.04 Å². The Labute approximate surface area is 112 Å². The Bertz CT molecular complexity index is 333. The maximum Gasteiger partial charge on any atom is 0.00674 e. The Kier molecular flexibility index (Phi) is 5.25. The van der Waals surface area contributed by atoms with Gasteiger partial charge in [0.05, 0.1) is 0 Å². The fourth-order valence-corrected chi connectivity index (χ4v) is 3.38. The third-order valence-corrected chi connectivity index (χ3v) is 4.49. The van der Waals surface area contributed by atoms with Crippen LogP contribution in [0.15, 0.2) is 30.3 Å². The number of nitrogens with two attached hydrogens (primary N) is 1. The van der Waals surface area contributed by atoms with E-state index in [9.17, 15) is 0 Å². The highest BCUT2D eigenvalue weighted by Gasteiger charge is 2.27. The molecule has 0 saturated heterocycles. The molecule has 2 rings (SSSR count). The fourth-order valence-electron chi connectivity index (χ4n) is 3.38. The van der Waals surface area contributed by atoms with Crippen molar-refractivity contribution in [3.8, 4) is 0 Å². The number of benzene rings is 1. The molecule has 18 heavy (non-hydrogen) atoms. The van der Waals surface area contributed by atoms with Crippen LogP contribution in [0.2, 0.25) is 0 Å². The van der Waals surface area contributed by atoms with Crippen LogP contribution in [-0.4, -0.2) is 6.04 Å². The monoisotopic (exact) mass is 245 g/mol. The summed E-state index contributed by atoms with van der Waals surface area (Å²) in [4.78, 5) is 0. The van der Waals surface area contributed by atoms with Crippen molar-refractivity contribution in [1.82, 2.24) is 0 Å². The van der Waals surface area contributed by atoms with Crippen molar-refractivity contribution in [3.63, 3.8) is 0 Å². The Morgan fingerprint density at radius 3 is 2.61 bits per heavy atom. The van der Waals surface area contributed by atoms with Crippen LogP contribution in [0.5, 0.6) is 0 Å². The third kappa shape index (κ3) is 3.84. The molecule has 1 nitrogen and oxygen atoms in total. The van der Waals surface area contributed by atoms with Crippen molar-refractivity contribution in [2.24, 2.45) is 17.6 Å². The fraction of sp³-hybridized carbons (Fsp3) is 0.647. The lowest BCUT2D eigenvalue weighted by Crippen LogP contribution is -2.36. The first-order valence-corrected chi connectivity index (χ1v) is 7.59. The van der Waals surface area contributed by atoms with E-state index >= 15 is 0 Å². The maximum absolute atomic E-state index is 6.30. The predicted octanol–water partition coefficient (Wildman–Crippen LogP) is 4.16. The molecule has 1 aliphatic carbocycles. The SMILES string of the molecule is CCCC1CCC(N)C(CCc2ccccc2)C1. The lowest BCUT2D eigenvalue weighted by molar-refractivity contribution is 0.212. The Morgan fingerprint density at radius 1 is 1.11 bits per heavy atom. The summed E-state index contributed by atoms with van der Waals surface area (Å²) in [5.74, 6) is 1.69. The minimum atomic E-state index is 0.446. The molecule has 1 aromatic rings. The van der Waals surface area contributed by atoms with Gasteiger partial charge in [0.15, 0.2) is 0 Å². The van der Waals surface area contributed by atoms with Crippen LogP contribution in [0.1, 0.15) is 51.0 Å². The van der Waals surface area contributed by atoms with Crippen LogP contribution in [0.25, 0.3) is 0 Å². The summed E-state index contributed by atoms with van der Waals surface area (Å²) in [5.41, 5.74) is 7.76. The highest BCUT2D eigenvalue weighted by Crippen LogP contribution is 2.33. The van der Waals surface area contributed by atoms with Crippen molar-refractivity contribution < 1.29 is 0 Å². The summed E-state index contributed by atoms with van der Waals surface area (Å²) < 4.78 is 0. The van der Waals surface area contributed by atoms with Crippen LogP contribution < -0.4 is 5.73 Å². The lowest BCUT2D eigenvalue weighted by Gasteiger charge is -2.34. The van der Waals surface area contributed by atoms with Gasteiger partial charge in [-0.25, -0.2) is 0 Å². The Morgan fingerprint density at radius 2 is 1.89 bits per heavy atom. The summed E-state index contributed by atoms with van der Waals surface area (Å²) in [5, 5.41) is 0. The van der Waals surface area contributed by atoms with Gasteiger partial charge in [0, 0.05) is 6.04 Å². The molecular weight excluding hydrogens is 218 g/mol. The molecule has 1 saturated carbocycles. The Hall–Kier alpha value is -0.820. The highest BCUT2D eigenvalue weighted by molar-refractivity contribution is 5.14. The molecule has 0 bridgehead atoms. The second-order valence-electron chi connectivity index (χ2n) is 5.92. The van der Waals surface area contributed by atoms with Crippen molar-refractivity contribution in [2.45, 2.75) is 57.9 Å². The van der Waals surface area contributed by atoms with Crippen molar-refractivity contribution >= 4 is 0 Å².